The minimum absolute atomic E-state index is 0. The second-order valence-electron chi connectivity index (χ2n) is 5.68. The molecule has 0 aromatic heterocycles. The van der Waals surface area contributed by atoms with Crippen molar-refractivity contribution in [3.8, 4) is 6.07 Å². The lowest BCUT2D eigenvalue weighted by Gasteiger charge is -2.31. The predicted molar refractivity (Wildman–Crippen MR) is 94.5 cm³/mol. The number of rotatable bonds is 6. The number of piperidine rings is 1. The van der Waals surface area contributed by atoms with E-state index in [1.165, 1.54) is 10.4 Å². The Morgan fingerprint density at radius 3 is 2.62 bits per heavy atom. The molecule has 1 fully saturated rings. The zero-order valence-corrected chi connectivity index (χ0v) is 15.4. The van der Waals surface area contributed by atoms with Gasteiger partial charge in [-0.15, -0.1) is 12.4 Å². The molecule has 0 amide bonds. The standard InChI is InChI=1S/C16H23N3O3S.ClH/c1-13-4-2-5-16(15(13)12-18)23(20,21)19-9-6-14(7-10-19)22-11-3-8-17;/h2,4-5,14H,3,6-11,17H2,1H3;1H. The van der Waals surface area contributed by atoms with Crippen LogP contribution in [0.5, 0.6) is 0 Å². The van der Waals surface area contributed by atoms with Gasteiger partial charge < -0.3 is 10.5 Å². The van der Waals surface area contributed by atoms with Gasteiger partial charge in [-0.1, -0.05) is 12.1 Å². The van der Waals surface area contributed by atoms with E-state index in [0.717, 1.165) is 6.42 Å². The van der Waals surface area contributed by atoms with E-state index in [9.17, 15) is 13.7 Å². The first kappa shape index (κ1) is 20.9. The number of benzene rings is 1. The fraction of sp³-hybridized carbons (Fsp3) is 0.562. The first-order valence-corrected chi connectivity index (χ1v) is 9.26. The lowest BCUT2D eigenvalue weighted by molar-refractivity contribution is 0.0209. The molecule has 0 atom stereocenters. The van der Waals surface area contributed by atoms with E-state index in [0.29, 0.717) is 44.6 Å². The zero-order chi connectivity index (χ0) is 16.9. The molecule has 24 heavy (non-hydrogen) atoms. The Bertz CT molecular complexity index is 680. The molecule has 0 unspecified atom stereocenters. The maximum atomic E-state index is 12.8. The second-order valence-corrected chi connectivity index (χ2v) is 7.58. The highest BCUT2D eigenvalue weighted by atomic mass is 35.5. The molecule has 0 bridgehead atoms. The second kappa shape index (κ2) is 9.35. The zero-order valence-electron chi connectivity index (χ0n) is 13.8. The van der Waals surface area contributed by atoms with Crippen molar-refractivity contribution < 1.29 is 13.2 Å². The quantitative estimate of drug-likeness (QED) is 0.767. The van der Waals surface area contributed by atoms with E-state index >= 15 is 0 Å². The van der Waals surface area contributed by atoms with Crippen molar-refractivity contribution in [2.24, 2.45) is 5.73 Å². The van der Waals surface area contributed by atoms with E-state index in [4.69, 9.17) is 10.5 Å². The van der Waals surface area contributed by atoms with Crippen LogP contribution in [0.2, 0.25) is 0 Å². The largest absolute Gasteiger partial charge is 0.378 e. The van der Waals surface area contributed by atoms with Gasteiger partial charge in [0.2, 0.25) is 10.0 Å². The first-order valence-electron chi connectivity index (χ1n) is 7.82. The Balaban J connectivity index is 0.00000288. The summed E-state index contributed by atoms with van der Waals surface area (Å²) in [6, 6.07) is 6.93. The number of sulfonamides is 1. The number of hydrogen-bond acceptors (Lipinski definition) is 5. The highest BCUT2D eigenvalue weighted by Crippen LogP contribution is 2.25. The number of nitriles is 1. The summed E-state index contributed by atoms with van der Waals surface area (Å²) in [6.45, 7) is 3.78. The van der Waals surface area contributed by atoms with Crippen molar-refractivity contribution in [1.82, 2.24) is 4.31 Å². The Hall–Kier alpha value is -1.17. The predicted octanol–water partition coefficient (Wildman–Crippen LogP) is 1.81. The van der Waals surface area contributed by atoms with Crippen LogP contribution in [0.25, 0.3) is 0 Å². The van der Waals surface area contributed by atoms with Crippen molar-refractivity contribution in [2.75, 3.05) is 26.2 Å². The van der Waals surface area contributed by atoms with Crippen LogP contribution < -0.4 is 5.73 Å². The van der Waals surface area contributed by atoms with Gasteiger partial charge in [0, 0.05) is 19.7 Å². The molecule has 1 aromatic rings. The molecule has 0 aliphatic carbocycles. The highest BCUT2D eigenvalue weighted by Gasteiger charge is 2.31. The molecule has 1 saturated heterocycles. The van der Waals surface area contributed by atoms with Gasteiger partial charge in [0.05, 0.1) is 11.7 Å². The van der Waals surface area contributed by atoms with Gasteiger partial charge in [-0.2, -0.15) is 9.57 Å². The van der Waals surface area contributed by atoms with E-state index in [1.54, 1.807) is 19.1 Å². The molecule has 2 N–H and O–H groups in total. The minimum atomic E-state index is -3.64. The third kappa shape index (κ3) is 4.68. The third-order valence-corrected chi connectivity index (χ3v) is 6.01. The summed E-state index contributed by atoms with van der Waals surface area (Å²) >= 11 is 0. The van der Waals surface area contributed by atoms with Gasteiger partial charge >= 0.3 is 0 Å². The molecular formula is C16H24ClN3O3S. The normalized spacial score (nSPS) is 16.4. The molecule has 134 valence electrons. The number of hydrogen-bond donors (Lipinski definition) is 1. The number of ether oxygens (including phenoxy) is 1. The van der Waals surface area contributed by atoms with E-state index in [-0.39, 0.29) is 29.0 Å². The molecule has 2 rings (SSSR count). The molecule has 0 radical (unpaired) electrons. The Kier molecular flexibility index (Phi) is 8.13. The molecular weight excluding hydrogens is 350 g/mol. The minimum Gasteiger partial charge on any atom is -0.378 e. The molecule has 8 heteroatoms. The van der Waals surface area contributed by atoms with Crippen LogP contribution in [-0.4, -0.2) is 45.1 Å². The summed E-state index contributed by atoms with van der Waals surface area (Å²) in [4.78, 5) is 0.0995. The van der Waals surface area contributed by atoms with Gasteiger partial charge in [-0.25, -0.2) is 8.42 Å². The van der Waals surface area contributed by atoms with Crippen LogP contribution in [0.4, 0.5) is 0 Å². The van der Waals surface area contributed by atoms with E-state index in [1.807, 2.05) is 6.07 Å². The van der Waals surface area contributed by atoms with Crippen molar-refractivity contribution in [3.63, 3.8) is 0 Å². The van der Waals surface area contributed by atoms with Crippen LogP contribution in [0.3, 0.4) is 0 Å². The average molecular weight is 374 g/mol. The van der Waals surface area contributed by atoms with Crippen molar-refractivity contribution in [2.45, 2.75) is 37.2 Å². The van der Waals surface area contributed by atoms with Gasteiger partial charge in [-0.3, -0.25) is 0 Å². The van der Waals surface area contributed by atoms with Crippen LogP contribution in [0, 0.1) is 18.3 Å². The fourth-order valence-corrected chi connectivity index (χ4v) is 4.40. The summed E-state index contributed by atoms with van der Waals surface area (Å²) in [5, 5.41) is 9.26. The lowest BCUT2D eigenvalue weighted by Crippen LogP contribution is -2.41. The fourth-order valence-electron chi connectivity index (χ4n) is 2.71. The van der Waals surface area contributed by atoms with Gasteiger partial charge in [0.25, 0.3) is 0 Å². The number of halogens is 1. The summed E-state index contributed by atoms with van der Waals surface area (Å²) in [5.41, 5.74) is 6.34. The van der Waals surface area contributed by atoms with Gasteiger partial charge in [0.15, 0.2) is 0 Å². The average Bonchev–Trinajstić information content (AvgIpc) is 2.55. The molecule has 0 spiro atoms. The Labute approximate surface area is 150 Å². The van der Waals surface area contributed by atoms with Gasteiger partial charge in [-0.05, 0) is 44.4 Å². The summed E-state index contributed by atoms with van der Waals surface area (Å²) < 4.78 is 32.8. The molecule has 1 aliphatic heterocycles. The third-order valence-electron chi connectivity index (χ3n) is 4.07. The lowest BCUT2D eigenvalue weighted by atomic mass is 10.1. The smallest absolute Gasteiger partial charge is 0.244 e. The maximum Gasteiger partial charge on any atom is 0.244 e. The molecule has 1 aliphatic rings. The molecule has 1 aromatic carbocycles. The maximum absolute atomic E-state index is 12.8. The first-order chi connectivity index (χ1) is 11.0. The number of aryl methyl sites for hydroxylation is 1. The van der Waals surface area contributed by atoms with E-state index < -0.39 is 10.0 Å². The highest BCUT2D eigenvalue weighted by molar-refractivity contribution is 7.89. The van der Waals surface area contributed by atoms with E-state index in [2.05, 4.69) is 0 Å². The monoisotopic (exact) mass is 373 g/mol. The van der Waals surface area contributed by atoms with Crippen molar-refractivity contribution >= 4 is 22.4 Å². The SMILES string of the molecule is Cc1cccc(S(=O)(=O)N2CCC(OCCCN)CC2)c1C#N.Cl. The molecule has 6 nitrogen and oxygen atoms in total. The van der Waals surface area contributed by atoms with Crippen molar-refractivity contribution in [3.05, 3.63) is 29.3 Å². The number of nitrogens with zero attached hydrogens (tertiary/aromatic N) is 2. The summed E-state index contributed by atoms with van der Waals surface area (Å²) in [7, 11) is -3.64. The number of nitrogens with two attached hydrogens (primary N) is 1. The topological polar surface area (TPSA) is 96.4 Å². The van der Waals surface area contributed by atoms with Crippen LogP contribution in [0.15, 0.2) is 23.1 Å². The van der Waals surface area contributed by atoms with Gasteiger partial charge in [0.1, 0.15) is 11.0 Å². The van der Waals surface area contributed by atoms with Crippen LogP contribution in [-0.2, 0) is 14.8 Å². The summed E-state index contributed by atoms with van der Waals surface area (Å²) in [5.74, 6) is 0. The summed E-state index contributed by atoms with van der Waals surface area (Å²) in [6.07, 6.45) is 2.23. The van der Waals surface area contributed by atoms with Crippen molar-refractivity contribution in [1.29, 1.82) is 5.26 Å². The Morgan fingerprint density at radius 2 is 2.04 bits per heavy atom. The molecule has 0 saturated carbocycles. The van der Waals surface area contributed by atoms with Crippen LogP contribution in [0.1, 0.15) is 30.4 Å². The molecule has 1 heterocycles. The van der Waals surface area contributed by atoms with Crippen LogP contribution >= 0.6 is 12.4 Å². The Morgan fingerprint density at radius 1 is 1.38 bits per heavy atom.